The number of ether oxygens (including phenoxy) is 1. The van der Waals surface area contributed by atoms with E-state index in [1.165, 1.54) is 5.56 Å². The molecule has 16 heavy (non-hydrogen) atoms. The Balaban J connectivity index is 2.88. The Morgan fingerprint density at radius 3 is 2.69 bits per heavy atom. The Bertz CT molecular complexity index is 339. The molecule has 0 bridgehead atoms. The second-order valence-corrected chi connectivity index (χ2v) is 4.40. The molecule has 0 aromatic heterocycles. The highest BCUT2D eigenvalue weighted by molar-refractivity contribution is 5.59. The lowest BCUT2D eigenvalue weighted by Gasteiger charge is -2.24. The number of nitrogens with two attached hydrogens (primary N) is 1. The Morgan fingerprint density at radius 1 is 1.44 bits per heavy atom. The minimum atomic E-state index is 0.482. The van der Waals surface area contributed by atoms with E-state index in [0.717, 1.165) is 18.0 Å². The zero-order valence-electron chi connectivity index (χ0n) is 10.7. The lowest BCUT2D eigenvalue weighted by atomic mass is 10.1. The van der Waals surface area contributed by atoms with Crippen LogP contribution in [0.15, 0.2) is 18.2 Å². The fraction of sp³-hybridized carbons (Fsp3) is 0.538. The quantitative estimate of drug-likeness (QED) is 0.828. The van der Waals surface area contributed by atoms with Crippen LogP contribution in [0.4, 0.5) is 5.69 Å². The zero-order chi connectivity index (χ0) is 12.1. The van der Waals surface area contributed by atoms with Crippen molar-refractivity contribution < 1.29 is 4.74 Å². The summed E-state index contributed by atoms with van der Waals surface area (Å²) in [6.07, 6.45) is 0. The highest BCUT2D eigenvalue weighted by atomic mass is 16.5. The van der Waals surface area contributed by atoms with Gasteiger partial charge in [-0.25, -0.2) is 0 Å². The van der Waals surface area contributed by atoms with Crippen LogP contribution in [0.25, 0.3) is 0 Å². The largest absolute Gasteiger partial charge is 0.495 e. The van der Waals surface area contributed by atoms with Crippen LogP contribution in [0, 0.1) is 12.8 Å². The van der Waals surface area contributed by atoms with E-state index in [2.05, 4.69) is 37.9 Å². The normalized spacial score (nSPS) is 12.3. The fourth-order valence-electron chi connectivity index (χ4n) is 1.74. The SMILES string of the molecule is COc1ccc(C)cc1N(C)CC(C)CN. The fourth-order valence-corrected chi connectivity index (χ4v) is 1.74. The maximum Gasteiger partial charge on any atom is 0.142 e. The third-order valence-corrected chi connectivity index (χ3v) is 2.73. The molecule has 0 aliphatic heterocycles. The van der Waals surface area contributed by atoms with Gasteiger partial charge in [0.25, 0.3) is 0 Å². The van der Waals surface area contributed by atoms with Gasteiger partial charge in [-0.2, -0.15) is 0 Å². The molecule has 0 saturated heterocycles. The molecular formula is C13H22N2O. The van der Waals surface area contributed by atoms with Gasteiger partial charge in [-0.3, -0.25) is 0 Å². The Labute approximate surface area is 98.2 Å². The molecular weight excluding hydrogens is 200 g/mol. The number of methoxy groups -OCH3 is 1. The summed E-state index contributed by atoms with van der Waals surface area (Å²) in [5.41, 5.74) is 8.01. The van der Waals surface area contributed by atoms with Gasteiger partial charge in [0.1, 0.15) is 5.75 Å². The molecule has 0 amide bonds. The monoisotopic (exact) mass is 222 g/mol. The maximum atomic E-state index is 5.64. The number of hydrogen-bond acceptors (Lipinski definition) is 3. The molecule has 3 heteroatoms. The standard InChI is InChI=1S/C13H22N2O/c1-10-5-6-13(16-4)12(7-10)15(3)9-11(2)8-14/h5-7,11H,8-9,14H2,1-4H3. The molecule has 0 fully saturated rings. The molecule has 3 nitrogen and oxygen atoms in total. The van der Waals surface area contributed by atoms with Crippen LogP contribution in [0.5, 0.6) is 5.75 Å². The van der Waals surface area contributed by atoms with Crippen molar-refractivity contribution in [1.82, 2.24) is 0 Å². The number of benzene rings is 1. The molecule has 1 unspecified atom stereocenters. The molecule has 1 aromatic carbocycles. The average molecular weight is 222 g/mol. The van der Waals surface area contributed by atoms with Gasteiger partial charge < -0.3 is 15.4 Å². The lowest BCUT2D eigenvalue weighted by Crippen LogP contribution is -2.28. The van der Waals surface area contributed by atoms with Crippen molar-refractivity contribution in [3.8, 4) is 5.75 Å². The molecule has 0 radical (unpaired) electrons. The molecule has 2 N–H and O–H groups in total. The van der Waals surface area contributed by atoms with Gasteiger partial charge in [0, 0.05) is 13.6 Å². The van der Waals surface area contributed by atoms with E-state index in [0.29, 0.717) is 12.5 Å². The topological polar surface area (TPSA) is 38.5 Å². The molecule has 1 aromatic rings. The van der Waals surface area contributed by atoms with Crippen LogP contribution in [0.3, 0.4) is 0 Å². The van der Waals surface area contributed by atoms with Crippen LogP contribution in [0.1, 0.15) is 12.5 Å². The minimum Gasteiger partial charge on any atom is -0.495 e. The zero-order valence-corrected chi connectivity index (χ0v) is 10.7. The van der Waals surface area contributed by atoms with Crippen LogP contribution in [-0.4, -0.2) is 27.2 Å². The van der Waals surface area contributed by atoms with Gasteiger partial charge in [0.15, 0.2) is 0 Å². The predicted molar refractivity (Wildman–Crippen MR) is 69.2 cm³/mol. The number of nitrogens with zero attached hydrogens (tertiary/aromatic N) is 1. The van der Waals surface area contributed by atoms with E-state index < -0.39 is 0 Å². The first-order chi connectivity index (χ1) is 7.58. The highest BCUT2D eigenvalue weighted by Gasteiger charge is 2.10. The van der Waals surface area contributed by atoms with Gasteiger partial charge in [-0.1, -0.05) is 13.0 Å². The second kappa shape index (κ2) is 5.75. The van der Waals surface area contributed by atoms with Crippen LogP contribution in [0.2, 0.25) is 0 Å². The Morgan fingerprint density at radius 2 is 2.12 bits per heavy atom. The van der Waals surface area contributed by atoms with Crippen molar-refractivity contribution in [2.24, 2.45) is 11.7 Å². The highest BCUT2D eigenvalue weighted by Crippen LogP contribution is 2.28. The smallest absolute Gasteiger partial charge is 0.142 e. The summed E-state index contributed by atoms with van der Waals surface area (Å²) in [7, 11) is 3.78. The van der Waals surface area contributed by atoms with E-state index in [4.69, 9.17) is 10.5 Å². The average Bonchev–Trinajstić information content (AvgIpc) is 2.28. The predicted octanol–water partition coefficient (Wildman–Crippen LogP) is 2.03. The molecule has 0 saturated carbocycles. The summed E-state index contributed by atoms with van der Waals surface area (Å²) in [5.74, 6) is 1.40. The summed E-state index contributed by atoms with van der Waals surface area (Å²) in [6, 6.07) is 6.21. The van der Waals surface area contributed by atoms with E-state index in [9.17, 15) is 0 Å². The van der Waals surface area contributed by atoms with Crippen LogP contribution < -0.4 is 15.4 Å². The molecule has 0 aliphatic rings. The maximum absolute atomic E-state index is 5.64. The summed E-state index contributed by atoms with van der Waals surface area (Å²) < 4.78 is 5.36. The lowest BCUT2D eigenvalue weighted by molar-refractivity contribution is 0.414. The van der Waals surface area contributed by atoms with Crippen molar-refractivity contribution in [3.05, 3.63) is 23.8 Å². The summed E-state index contributed by atoms with van der Waals surface area (Å²) >= 11 is 0. The first kappa shape index (κ1) is 12.8. The molecule has 0 spiro atoms. The van der Waals surface area contributed by atoms with Crippen LogP contribution in [-0.2, 0) is 0 Å². The summed E-state index contributed by atoms with van der Waals surface area (Å²) in [5, 5.41) is 0. The second-order valence-electron chi connectivity index (χ2n) is 4.40. The number of aryl methyl sites for hydroxylation is 1. The third kappa shape index (κ3) is 3.14. The number of anilines is 1. The van der Waals surface area contributed by atoms with Gasteiger partial charge in [-0.05, 0) is 37.1 Å². The molecule has 1 rings (SSSR count). The minimum absolute atomic E-state index is 0.482. The van der Waals surface area contributed by atoms with E-state index in [1.54, 1.807) is 7.11 Å². The van der Waals surface area contributed by atoms with Crippen molar-refractivity contribution in [2.75, 3.05) is 32.1 Å². The number of hydrogen-bond donors (Lipinski definition) is 1. The first-order valence-corrected chi connectivity index (χ1v) is 5.64. The molecule has 90 valence electrons. The van der Waals surface area contributed by atoms with Gasteiger partial charge >= 0.3 is 0 Å². The van der Waals surface area contributed by atoms with Crippen molar-refractivity contribution in [2.45, 2.75) is 13.8 Å². The van der Waals surface area contributed by atoms with E-state index >= 15 is 0 Å². The Hall–Kier alpha value is -1.22. The summed E-state index contributed by atoms with van der Waals surface area (Å²) in [6.45, 7) is 5.89. The molecule has 0 heterocycles. The third-order valence-electron chi connectivity index (χ3n) is 2.73. The van der Waals surface area contributed by atoms with E-state index in [-0.39, 0.29) is 0 Å². The van der Waals surface area contributed by atoms with Gasteiger partial charge in [0.2, 0.25) is 0 Å². The Kier molecular flexibility index (Phi) is 4.62. The first-order valence-electron chi connectivity index (χ1n) is 5.64. The van der Waals surface area contributed by atoms with Crippen molar-refractivity contribution in [3.63, 3.8) is 0 Å². The number of rotatable bonds is 5. The van der Waals surface area contributed by atoms with Gasteiger partial charge in [0.05, 0.1) is 12.8 Å². The van der Waals surface area contributed by atoms with E-state index in [1.807, 2.05) is 6.07 Å². The van der Waals surface area contributed by atoms with Crippen molar-refractivity contribution in [1.29, 1.82) is 0 Å². The van der Waals surface area contributed by atoms with Gasteiger partial charge in [-0.15, -0.1) is 0 Å². The van der Waals surface area contributed by atoms with Crippen molar-refractivity contribution >= 4 is 5.69 Å². The molecule has 0 aliphatic carbocycles. The molecule has 1 atom stereocenters. The van der Waals surface area contributed by atoms with Crippen LogP contribution >= 0.6 is 0 Å². The summed E-state index contributed by atoms with van der Waals surface area (Å²) in [4.78, 5) is 2.20.